The summed E-state index contributed by atoms with van der Waals surface area (Å²) >= 11 is 0. The zero-order chi connectivity index (χ0) is 14.4. The lowest BCUT2D eigenvalue weighted by molar-refractivity contribution is -0.137. The van der Waals surface area contributed by atoms with Crippen LogP contribution in [0.25, 0.3) is 0 Å². The number of hydrogen-bond acceptors (Lipinski definition) is 2. The van der Waals surface area contributed by atoms with Crippen molar-refractivity contribution in [3.8, 4) is 0 Å². The summed E-state index contributed by atoms with van der Waals surface area (Å²) in [5.74, 6) is -1.05. The third kappa shape index (κ3) is 4.13. The number of aryl methyl sites for hydroxylation is 1. The second-order valence-corrected chi connectivity index (χ2v) is 4.24. The first kappa shape index (κ1) is 14.8. The highest BCUT2D eigenvalue weighted by Gasteiger charge is 2.20. The van der Waals surface area contributed by atoms with Crippen molar-refractivity contribution in [3.63, 3.8) is 0 Å². The van der Waals surface area contributed by atoms with Crippen LogP contribution in [0.3, 0.4) is 0 Å². The number of urea groups is 1. The third-order valence-electron chi connectivity index (χ3n) is 2.62. The van der Waals surface area contributed by atoms with E-state index < -0.39 is 5.97 Å². The van der Waals surface area contributed by atoms with Crippen LogP contribution in [0.5, 0.6) is 0 Å². The molecular formula is C14H18N2O3. The number of hydrogen-bond donors (Lipinski definition) is 1. The van der Waals surface area contributed by atoms with Gasteiger partial charge < -0.3 is 10.0 Å². The van der Waals surface area contributed by atoms with E-state index in [1.54, 1.807) is 13.1 Å². The summed E-state index contributed by atoms with van der Waals surface area (Å²) in [5.41, 5.74) is 1.76. The smallest absolute Gasteiger partial charge is 0.325 e. The number of carboxylic acid groups (broad SMARTS) is 1. The van der Waals surface area contributed by atoms with Crippen molar-refractivity contribution in [1.29, 1.82) is 0 Å². The summed E-state index contributed by atoms with van der Waals surface area (Å²) in [7, 11) is 1.62. The zero-order valence-electron chi connectivity index (χ0n) is 11.2. The Morgan fingerprint density at radius 2 is 2.11 bits per heavy atom. The number of nitrogens with zero attached hydrogens (tertiary/aromatic N) is 2. The van der Waals surface area contributed by atoms with E-state index in [0.29, 0.717) is 0 Å². The molecule has 102 valence electrons. The van der Waals surface area contributed by atoms with Crippen molar-refractivity contribution >= 4 is 17.7 Å². The van der Waals surface area contributed by atoms with Crippen LogP contribution < -0.4 is 4.90 Å². The minimum atomic E-state index is -1.05. The van der Waals surface area contributed by atoms with Crippen LogP contribution >= 0.6 is 0 Å². The van der Waals surface area contributed by atoms with Gasteiger partial charge >= 0.3 is 12.0 Å². The van der Waals surface area contributed by atoms with E-state index in [1.165, 1.54) is 15.9 Å². The molecule has 0 aliphatic carbocycles. The Morgan fingerprint density at radius 1 is 1.42 bits per heavy atom. The Bertz CT molecular complexity index is 485. The molecule has 0 aliphatic rings. The Kier molecular flexibility index (Phi) is 5.11. The number of amides is 2. The van der Waals surface area contributed by atoms with E-state index in [1.807, 2.05) is 25.1 Å². The van der Waals surface area contributed by atoms with Crippen molar-refractivity contribution in [2.75, 3.05) is 25.0 Å². The van der Waals surface area contributed by atoms with Crippen LogP contribution in [0, 0.1) is 6.92 Å². The van der Waals surface area contributed by atoms with Crippen LogP contribution in [-0.4, -0.2) is 42.1 Å². The molecule has 0 unspecified atom stereocenters. The van der Waals surface area contributed by atoms with E-state index in [9.17, 15) is 9.59 Å². The van der Waals surface area contributed by atoms with Gasteiger partial charge in [-0.25, -0.2) is 4.79 Å². The molecular weight excluding hydrogens is 244 g/mol. The van der Waals surface area contributed by atoms with Gasteiger partial charge in [0.2, 0.25) is 0 Å². The Labute approximate surface area is 112 Å². The quantitative estimate of drug-likeness (QED) is 0.827. The summed E-state index contributed by atoms with van der Waals surface area (Å²) in [4.78, 5) is 25.6. The van der Waals surface area contributed by atoms with E-state index in [-0.39, 0.29) is 19.1 Å². The van der Waals surface area contributed by atoms with Gasteiger partial charge in [-0.15, -0.1) is 6.58 Å². The monoisotopic (exact) mass is 262 g/mol. The molecule has 2 amide bonds. The second kappa shape index (κ2) is 6.58. The van der Waals surface area contributed by atoms with Crippen LogP contribution in [0.2, 0.25) is 0 Å². The average Bonchev–Trinajstić information content (AvgIpc) is 2.36. The molecule has 0 aromatic heterocycles. The van der Waals surface area contributed by atoms with Crippen molar-refractivity contribution in [2.45, 2.75) is 6.92 Å². The SMILES string of the molecule is C=CCN(CC(=O)O)C(=O)N(C)c1cccc(C)c1. The maximum atomic E-state index is 12.2. The predicted octanol–water partition coefficient (Wildman–Crippen LogP) is 2.12. The summed E-state index contributed by atoms with van der Waals surface area (Å²) in [6.45, 7) is 5.31. The third-order valence-corrected chi connectivity index (χ3v) is 2.62. The van der Waals surface area contributed by atoms with E-state index >= 15 is 0 Å². The zero-order valence-corrected chi connectivity index (χ0v) is 11.2. The van der Waals surface area contributed by atoms with Gasteiger partial charge in [0.05, 0.1) is 0 Å². The molecule has 1 N–H and O–H groups in total. The Balaban J connectivity index is 2.89. The van der Waals surface area contributed by atoms with Crippen molar-refractivity contribution in [1.82, 2.24) is 4.90 Å². The number of aliphatic carboxylic acids is 1. The fourth-order valence-corrected chi connectivity index (χ4v) is 1.69. The standard InChI is InChI=1S/C14H18N2O3/c1-4-8-16(10-13(17)18)14(19)15(3)12-7-5-6-11(2)9-12/h4-7,9H,1,8,10H2,2-3H3,(H,17,18). The number of carbonyl (C=O) groups excluding carboxylic acids is 1. The number of carboxylic acids is 1. The number of benzene rings is 1. The minimum Gasteiger partial charge on any atom is -0.480 e. The molecule has 0 heterocycles. The lowest BCUT2D eigenvalue weighted by Crippen LogP contribution is -2.43. The molecule has 19 heavy (non-hydrogen) atoms. The Morgan fingerprint density at radius 3 is 2.63 bits per heavy atom. The van der Waals surface area contributed by atoms with Crippen LogP contribution in [-0.2, 0) is 4.79 Å². The van der Waals surface area contributed by atoms with Crippen molar-refractivity contribution < 1.29 is 14.7 Å². The van der Waals surface area contributed by atoms with Crippen LogP contribution in [0.15, 0.2) is 36.9 Å². The van der Waals surface area contributed by atoms with Gasteiger partial charge in [-0.1, -0.05) is 18.2 Å². The van der Waals surface area contributed by atoms with Gasteiger partial charge in [-0.05, 0) is 24.6 Å². The summed E-state index contributed by atoms with van der Waals surface area (Å²) in [6.07, 6.45) is 1.50. The molecule has 0 saturated heterocycles. The first-order valence-corrected chi connectivity index (χ1v) is 5.87. The molecule has 0 fully saturated rings. The van der Waals surface area contributed by atoms with Crippen molar-refractivity contribution in [3.05, 3.63) is 42.5 Å². The maximum Gasteiger partial charge on any atom is 0.325 e. The molecule has 0 radical (unpaired) electrons. The van der Waals surface area contributed by atoms with Crippen molar-refractivity contribution in [2.24, 2.45) is 0 Å². The maximum absolute atomic E-state index is 12.2. The van der Waals surface area contributed by atoms with Gasteiger partial charge in [0.25, 0.3) is 0 Å². The van der Waals surface area contributed by atoms with E-state index in [0.717, 1.165) is 11.3 Å². The van der Waals surface area contributed by atoms with Gasteiger partial charge in [0.15, 0.2) is 0 Å². The molecule has 1 aromatic carbocycles. The topological polar surface area (TPSA) is 60.9 Å². The van der Waals surface area contributed by atoms with Crippen LogP contribution in [0.4, 0.5) is 10.5 Å². The molecule has 1 rings (SSSR count). The highest BCUT2D eigenvalue weighted by molar-refractivity contribution is 5.93. The molecule has 1 aromatic rings. The van der Waals surface area contributed by atoms with E-state index in [2.05, 4.69) is 6.58 Å². The van der Waals surface area contributed by atoms with Gasteiger partial charge in [0.1, 0.15) is 6.54 Å². The normalized spacial score (nSPS) is 9.79. The van der Waals surface area contributed by atoms with Gasteiger partial charge in [0, 0.05) is 19.3 Å². The van der Waals surface area contributed by atoms with Gasteiger partial charge in [-0.2, -0.15) is 0 Å². The van der Waals surface area contributed by atoms with Gasteiger partial charge in [-0.3, -0.25) is 9.69 Å². The summed E-state index contributed by atoms with van der Waals surface area (Å²) < 4.78 is 0. The fourth-order valence-electron chi connectivity index (χ4n) is 1.69. The summed E-state index contributed by atoms with van der Waals surface area (Å²) in [5, 5.41) is 8.81. The highest BCUT2D eigenvalue weighted by Crippen LogP contribution is 2.15. The lowest BCUT2D eigenvalue weighted by Gasteiger charge is -2.26. The fraction of sp³-hybridized carbons (Fsp3) is 0.286. The number of anilines is 1. The molecule has 5 heteroatoms. The largest absolute Gasteiger partial charge is 0.480 e. The molecule has 0 atom stereocenters. The number of rotatable bonds is 5. The second-order valence-electron chi connectivity index (χ2n) is 4.24. The minimum absolute atomic E-state index is 0.196. The Hall–Kier alpha value is -2.30. The predicted molar refractivity (Wildman–Crippen MR) is 74.4 cm³/mol. The molecule has 0 spiro atoms. The first-order chi connectivity index (χ1) is 8.95. The average molecular weight is 262 g/mol. The van der Waals surface area contributed by atoms with Crippen LogP contribution in [0.1, 0.15) is 5.56 Å². The molecule has 0 bridgehead atoms. The molecule has 0 aliphatic heterocycles. The first-order valence-electron chi connectivity index (χ1n) is 5.87. The van der Waals surface area contributed by atoms with E-state index in [4.69, 9.17) is 5.11 Å². The highest BCUT2D eigenvalue weighted by atomic mass is 16.4. The molecule has 5 nitrogen and oxygen atoms in total. The summed E-state index contributed by atoms with van der Waals surface area (Å²) in [6, 6.07) is 7.08. The molecule has 0 saturated carbocycles. The lowest BCUT2D eigenvalue weighted by atomic mass is 10.2. The number of carbonyl (C=O) groups is 2.